The Morgan fingerprint density at radius 3 is 2.77 bits per heavy atom. The van der Waals surface area contributed by atoms with Crippen molar-refractivity contribution in [2.24, 2.45) is 5.92 Å². The Balaban J connectivity index is 1.46. The minimum Gasteiger partial charge on any atom is -0.339 e. The number of piperidine rings is 1. The Morgan fingerprint density at radius 1 is 1.19 bits per heavy atom. The number of hydrogen-bond acceptors (Lipinski definition) is 5. The Hall–Kier alpha value is -2.94. The Kier molecular flexibility index (Phi) is 4.73. The van der Waals surface area contributed by atoms with Crippen LogP contribution in [-0.4, -0.2) is 88.2 Å². The maximum atomic E-state index is 13.4. The standard InChI is InChI=1S/C22H28N6O3/c1-24(2)13-19-15-9-14(17-5-4-6-20(29)28(17)19)11-26(12-15)21(30)16-10-18-22(31)25(3)7-8-27(18)23-16/h4-6,10,14-15,19H,7-9,11-13H2,1-3H3/t14-,15+,19+/m1/s1. The van der Waals surface area contributed by atoms with E-state index in [1.54, 1.807) is 28.8 Å². The summed E-state index contributed by atoms with van der Waals surface area (Å²) in [5.41, 5.74) is 1.84. The first-order chi connectivity index (χ1) is 14.8. The number of hydrogen-bond donors (Lipinski definition) is 0. The lowest BCUT2D eigenvalue weighted by atomic mass is 9.78. The molecule has 9 heteroatoms. The van der Waals surface area contributed by atoms with Gasteiger partial charge in [-0.15, -0.1) is 0 Å². The average Bonchev–Trinajstić information content (AvgIpc) is 3.18. The number of carbonyl (C=O) groups excluding carboxylic acids is 2. The van der Waals surface area contributed by atoms with Gasteiger partial charge >= 0.3 is 0 Å². The molecule has 2 bridgehead atoms. The highest BCUT2D eigenvalue weighted by atomic mass is 16.2. The molecule has 0 aromatic carbocycles. The van der Waals surface area contributed by atoms with E-state index in [9.17, 15) is 14.4 Å². The largest absolute Gasteiger partial charge is 0.339 e. The number of pyridine rings is 1. The van der Waals surface area contributed by atoms with Crippen molar-refractivity contribution in [1.29, 1.82) is 0 Å². The number of fused-ring (bicyclic) bond motifs is 5. The molecular weight excluding hydrogens is 396 g/mol. The van der Waals surface area contributed by atoms with Gasteiger partial charge in [-0.2, -0.15) is 5.10 Å². The summed E-state index contributed by atoms with van der Waals surface area (Å²) >= 11 is 0. The lowest BCUT2D eigenvalue weighted by Crippen LogP contribution is -2.52. The van der Waals surface area contributed by atoms with Gasteiger partial charge in [-0.3, -0.25) is 19.1 Å². The van der Waals surface area contributed by atoms with Crippen LogP contribution in [0, 0.1) is 5.92 Å². The number of likely N-dealkylation sites (N-methyl/N-ethyl adjacent to an activating group) is 2. The van der Waals surface area contributed by atoms with Crippen molar-refractivity contribution in [3.05, 3.63) is 51.7 Å². The maximum Gasteiger partial charge on any atom is 0.274 e. The smallest absolute Gasteiger partial charge is 0.274 e. The van der Waals surface area contributed by atoms with Crippen LogP contribution in [0.3, 0.4) is 0 Å². The molecule has 3 atom stereocenters. The summed E-state index contributed by atoms with van der Waals surface area (Å²) < 4.78 is 3.59. The van der Waals surface area contributed by atoms with Crippen LogP contribution in [0.25, 0.3) is 0 Å². The van der Waals surface area contributed by atoms with Crippen molar-refractivity contribution in [2.75, 3.05) is 47.3 Å². The lowest BCUT2D eigenvalue weighted by molar-refractivity contribution is 0.0492. The van der Waals surface area contributed by atoms with Gasteiger partial charge in [-0.25, -0.2) is 0 Å². The van der Waals surface area contributed by atoms with Crippen LogP contribution >= 0.6 is 0 Å². The zero-order valence-corrected chi connectivity index (χ0v) is 18.2. The first-order valence-electron chi connectivity index (χ1n) is 10.8. The summed E-state index contributed by atoms with van der Waals surface area (Å²) in [6, 6.07) is 7.10. The van der Waals surface area contributed by atoms with Gasteiger partial charge in [-0.05, 0) is 32.5 Å². The molecule has 5 rings (SSSR count). The second kappa shape index (κ2) is 7.33. The molecule has 3 aliphatic heterocycles. The van der Waals surface area contributed by atoms with Gasteiger partial charge in [0.2, 0.25) is 0 Å². The Morgan fingerprint density at radius 2 is 2.00 bits per heavy atom. The summed E-state index contributed by atoms with van der Waals surface area (Å²) in [4.78, 5) is 44.1. The Bertz CT molecular complexity index is 1100. The van der Waals surface area contributed by atoms with Crippen LogP contribution in [0.5, 0.6) is 0 Å². The van der Waals surface area contributed by atoms with Crippen molar-refractivity contribution in [3.63, 3.8) is 0 Å². The fourth-order valence-corrected chi connectivity index (χ4v) is 5.38. The van der Waals surface area contributed by atoms with Crippen LogP contribution in [0.15, 0.2) is 29.1 Å². The first-order valence-corrected chi connectivity index (χ1v) is 10.8. The summed E-state index contributed by atoms with van der Waals surface area (Å²) in [6.45, 7) is 3.08. The van der Waals surface area contributed by atoms with E-state index in [1.807, 2.05) is 35.7 Å². The van der Waals surface area contributed by atoms with E-state index in [1.165, 1.54) is 0 Å². The Labute approximate surface area is 180 Å². The molecule has 9 nitrogen and oxygen atoms in total. The van der Waals surface area contributed by atoms with Gasteiger partial charge in [0.25, 0.3) is 17.4 Å². The molecule has 0 aliphatic carbocycles. The molecule has 164 valence electrons. The van der Waals surface area contributed by atoms with Crippen LogP contribution in [-0.2, 0) is 6.54 Å². The highest BCUT2D eigenvalue weighted by Gasteiger charge is 2.42. The third kappa shape index (κ3) is 3.27. The zero-order valence-electron chi connectivity index (χ0n) is 18.2. The van der Waals surface area contributed by atoms with Crippen LogP contribution in [0.1, 0.15) is 45.1 Å². The minimum atomic E-state index is -0.137. The third-order valence-electron chi connectivity index (χ3n) is 6.85. The SMILES string of the molecule is CN(C)C[C@H]1[C@H]2C[C@H](CN(C(=O)c3cc4n(n3)CCN(C)C4=O)C2)c2cccc(=O)n21. The minimum absolute atomic E-state index is 0.0241. The number of aromatic nitrogens is 3. The summed E-state index contributed by atoms with van der Waals surface area (Å²) in [5, 5.41) is 4.45. The van der Waals surface area contributed by atoms with E-state index in [2.05, 4.69) is 10.00 Å². The molecule has 0 N–H and O–H groups in total. The molecule has 2 aromatic rings. The van der Waals surface area contributed by atoms with E-state index in [-0.39, 0.29) is 35.3 Å². The molecule has 2 amide bonds. The van der Waals surface area contributed by atoms with Gasteiger partial charge in [0.1, 0.15) is 5.69 Å². The van der Waals surface area contributed by atoms with Gasteiger partial charge < -0.3 is 19.3 Å². The van der Waals surface area contributed by atoms with Crippen LogP contribution in [0.4, 0.5) is 0 Å². The molecule has 0 saturated carbocycles. The number of rotatable bonds is 3. The van der Waals surface area contributed by atoms with Gasteiger partial charge in [0.15, 0.2) is 5.69 Å². The number of amides is 2. The van der Waals surface area contributed by atoms with E-state index in [0.717, 1.165) is 18.7 Å². The molecule has 5 heterocycles. The summed E-state index contributed by atoms with van der Waals surface area (Å²) in [6.07, 6.45) is 0.967. The van der Waals surface area contributed by atoms with Gasteiger partial charge in [-0.1, -0.05) is 6.07 Å². The van der Waals surface area contributed by atoms with E-state index in [4.69, 9.17) is 0 Å². The molecule has 3 aliphatic rings. The molecule has 1 fully saturated rings. The van der Waals surface area contributed by atoms with Crippen LogP contribution < -0.4 is 5.56 Å². The van der Waals surface area contributed by atoms with E-state index < -0.39 is 0 Å². The summed E-state index contributed by atoms with van der Waals surface area (Å²) in [5.74, 6) is 0.0813. The number of likely N-dealkylation sites (tertiary alicyclic amines) is 1. The number of nitrogens with zero attached hydrogens (tertiary/aromatic N) is 6. The lowest BCUT2D eigenvalue weighted by Gasteiger charge is -2.47. The highest BCUT2D eigenvalue weighted by Crippen LogP contribution is 2.41. The molecule has 2 aromatic heterocycles. The van der Waals surface area contributed by atoms with Crippen molar-refractivity contribution in [2.45, 2.75) is 24.9 Å². The molecule has 1 saturated heterocycles. The predicted molar refractivity (Wildman–Crippen MR) is 114 cm³/mol. The quantitative estimate of drug-likeness (QED) is 0.716. The molecule has 31 heavy (non-hydrogen) atoms. The monoisotopic (exact) mass is 424 g/mol. The zero-order chi connectivity index (χ0) is 21.9. The molecule has 0 radical (unpaired) electrons. The topological polar surface area (TPSA) is 83.7 Å². The predicted octanol–water partition coefficient (Wildman–Crippen LogP) is 0.493. The van der Waals surface area contributed by atoms with Crippen LogP contribution in [0.2, 0.25) is 0 Å². The van der Waals surface area contributed by atoms with Crippen molar-refractivity contribution < 1.29 is 9.59 Å². The van der Waals surface area contributed by atoms with Crippen molar-refractivity contribution in [1.82, 2.24) is 29.0 Å². The second-order valence-electron chi connectivity index (χ2n) is 9.26. The first kappa shape index (κ1) is 20.0. The average molecular weight is 425 g/mol. The normalized spacial score (nSPS) is 24.9. The van der Waals surface area contributed by atoms with E-state index >= 15 is 0 Å². The fourth-order valence-electron chi connectivity index (χ4n) is 5.38. The highest BCUT2D eigenvalue weighted by molar-refractivity contribution is 5.98. The molecule has 0 unspecified atom stereocenters. The van der Waals surface area contributed by atoms with Crippen molar-refractivity contribution in [3.8, 4) is 0 Å². The third-order valence-corrected chi connectivity index (χ3v) is 6.85. The summed E-state index contributed by atoms with van der Waals surface area (Å²) in [7, 11) is 5.78. The van der Waals surface area contributed by atoms with E-state index in [0.29, 0.717) is 37.6 Å². The van der Waals surface area contributed by atoms with Crippen molar-refractivity contribution >= 4 is 11.8 Å². The maximum absolute atomic E-state index is 13.4. The fraction of sp³-hybridized carbons (Fsp3) is 0.545. The molecule has 0 spiro atoms. The van der Waals surface area contributed by atoms with Gasteiger partial charge in [0.05, 0.1) is 12.6 Å². The van der Waals surface area contributed by atoms with Gasteiger partial charge in [0, 0.05) is 57.0 Å². The number of carbonyl (C=O) groups is 2. The molecular formula is C22H28N6O3. The second-order valence-corrected chi connectivity index (χ2v) is 9.26.